The molecule has 3 aliphatic rings. The lowest BCUT2D eigenvalue weighted by atomic mass is 9.85. The predicted molar refractivity (Wildman–Crippen MR) is 134 cm³/mol. The SMILES string of the molecule is c1cc2c3c(c1)-c1cccc[n+]1C31c3c(ccc4c3c3n(cc[n+]31)c1ccc3ccccc3c41)O2. The van der Waals surface area contributed by atoms with Crippen LogP contribution in [0.25, 0.3) is 49.4 Å². The van der Waals surface area contributed by atoms with Crippen molar-refractivity contribution in [3.8, 4) is 22.8 Å². The van der Waals surface area contributed by atoms with Crippen LogP contribution in [0, 0.1) is 0 Å². The molecule has 10 rings (SSSR count). The number of rotatable bonds is 0. The molecule has 0 saturated carbocycles. The first-order valence-electron chi connectivity index (χ1n) is 12.0. The van der Waals surface area contributed by atoms with Gasteiger partial charge in [-0.15, -0.1) is 4.57 Å². The van der Waals surface area contributed by atoms with Gasteiger partial charge in [0.1, 0.15) is 40.5 Å². The first kappa shape index (κ1) is 16.8. The van der Waals surface area contributed by atoms with E-state index in [0.29, 0.717) is 0 Å². The van der Waals surface area contributed by atoms with Gasteiger partial charge in [-0.3, -0.25) is 0 Å². The van der Waals surface area contributed by atoms with E-state index >= 15 is 0 Å². The standard InChI is InChI=1S/C31H17N3O/c1-2-7-19-18(6-1)11-13-23-26(19)21-12-14-25-29-27(21)30-32(23)16-17-34(30)31(29)28-20(8-5-10-24(28)35-25)22-9-3-4-15-33(22)31/h1-17H/q+2. The summed E-state index contributed by atoms with van der Waals surface area (Å²) >= 11 is 0. The van der Waals surface area contributed by atoms with E-state index in [0.717, 1.165) is 11.5 Å². The Bertz CT molecular complexity index is 2160. The van der Waals surface area contributed by atoms with Crippen molar-refractivity contribution in [3.05, 3.63) is 115 Å². The lowest BCUT2D eigenvalue weighted by molar-refractivity contribution is -0.950. The summed E-state index contributed by atoms with van der Waals surface area (Å²) in [6, 6.07) is 30.6. The van der Waals surface area contributed by atoms with Gasteiger partial charge in [0.25, 0.3) is 0 Å². The van der Waals surface area contributed by atoms with E-state index in [9.17, 15) is 0 Å². The Balaban J connectivity index is 1.55. The zero-order valence-electron chi connectivity index (χ0n) is 18.6. The number of hydrogen-bond acceptors (Lipinski definition) is 1. The van der Waals surface area contributed by atoms with Gasteiger partial charge in [0.2, 0.25) is 5.69 Å². The third-order valence-corrected chi connectivity index (χ3v) is 8.42. The smallest absolute Gasteiger partial charge is 0.371 e. The molecule has 1 spiro atoms. The molecule has 6 heterocycles. The molecule has 1 unspecified atom stereocenters. The Hall–Kier alpha value is -4.70. The van der Waals surface area contributed by atoms with Crippen molar-refractivity contribution in [2.45, 2.75) is 5.66 Å². The van der Waals surface area contributed by atoms with Gasteiger partial charge in [0.05, 0.1) is 10.9 Å². The number of fused-ring (bicyclic) bond motifs is 7. The third kappa shape index (κ3) is 1.56. The van der Waals surface area contributed by atoms with Crippen LogP contribution in [0.2, 0.25) is 0 Å². The molecule has 35 heavy (non-hydrogen) atoms. The van der Waals surface area contributed by atoms with Crippen LogP contribution in [0.4, 0.5) is 0 Å². The molecule has 0 amide bonds. The highest BCUT2D eigenvalue weighted by Gasteiger charge is 2.67. The van der Waals surface area contributed by atoms with Crippen molar-refractivity contribution >= 4 is 38.1 Å². The summed E-state index contributed by atoms with van der Waals surface area (Å²) in [5, 5.41) is 6.40. The number of benzene rings is 4. The van der Waals surface area contributed by atoms with Crippen LogP contribution in [0.3, 0.4) is 0 Å². The van der Waals surface area contributed by atoms with E-state index in [4.69, 9.17) is 4.74 Å². The lowest BCUT2D eigenvalue weighted by Gasteiger charge is -2.27. The Morgan fingerprint density at radius 3 is 2.57 bits per heavy atom. The molecule has 0 aliphatic carbocycles. The Labute approximate surface area is 199 Å². The Morgan fingerprint density at radius 2 is 1.57 bits per heavy atom. The molecular formula is C31H17N3O+2. The van der Waals surface area contributed by atoms with Crippen LogP contribution in [0.15, 0.2) is 104 Å². The summed E-state index contributed by atoms with van der Waals surface area (Å²) in [6.45, 7) is 0. The molecule has 1 atom stereocenters. The van der Waals surface area contributed by atoms with Crippen molar-refractivity contribution in [1.82, 2.24) is 4.40 Å². The van der Waals surface area contributed by atoms with Gasteiger partial charge in [0, 0.05) is 22.9 Å². The van der Waals surface area contributed by atoms with E-state index in [2.05, 4.69) is 117 Å². The van der Waals surface area contributed by atoms with E-state index in [1.54, 1.807) is 0 Å². The van der Waals surface area contributed by atoms with Gasteiger partial charge in [-0.25, -0.2) is 0 Å². The minimum Gasteiger partial charge on any atom is -0.456 e. The maximum absolute atomic E-state index is 6.65. The molecule has 160 valence electrons. The highest BCUT2D eigenvalue weighted by Crippen LogP contribution is 2.57. The molecule has 3 aromatic heterocycles. The first-order valence-corrected chi connectivity index (χ1v) is 12.0. The monoisotopic (exact) mass is 447 g/mol. The largest absolute Gasteiger partial charge is 0.456 e. The van der Waals surface area contributed by atoms with Gasteiger partial charge in [0.15, 0.2) is 6.20 Å². The fourth-order valence-electron chi connectivity index (χ4n) is 7.26. The average molecular weight is 447 g/mol. The van der Waals surface area contributed by atoms with E-state index in [1.165, 1.54) is 60.5 Å². The quantitative estimate of drug-likeness (QED) is 0.217. The van der Waals surface area contributed by atoms with E-state index in [1.807, 2.05) is 0 Å². The molecule has 4 aromatic carbocycles. The molecule has 0 N–H and O–H groups in total. The molecule has 4 heteroatoms. The van der Waals surface area contributed by atoms with Crippen LogP contribution in [-0.2, 0) is 5.66 Å². The highest BCUT2D eigenvalue weighted by atomic mass is 16.5. The second-order valence-electron chi connectivity index (χ2n) is 9.81. The molecule has 0 bridgehead atoms. The van der Waals surface area contributed by atoms with Gasteiger partial charge >= 0.3 is 11.3 Å². The summed E-state index contributed by atoms with van der Waals surface area (Å²) < 4.78 is 13.9. The van der Waals surface area contributed by atoms with Gasteiger partial charge in [-0.1, -0.05) is 36.4 Å². The second kappa shape index (κ2) is 5.18. The molecular weight excluding hydrogens is 430 g/mol. The average Bonchev–Trinajstić information content (AvgIpc) is 3.57. The summed E-state index contributed by atoms with van der Waals surface area (Å²) in [4.78, 5) is 0. The van der Waals surface area contributed by atoms with Crippen LogP contribution in [0.5, 0.6) is 11.5 Å². The van der Waals surface area contributed by atoms with Crippen LogP contribution in [0.1, 0.15) is 11.1 Å². The molecule has 7 aromatic rings. The normalized spacial score (nSPS) is 18.1. The minimum absolute atomic E-state index is 0.500. The van der Waals surface area contributed by atoms with E-state index < -0.39 is 5.66 Å². The Kier molecular flexibility index (Phi) is 2.49. The summed E-state index contributed by atoms with van der Waals surface area (Å²) in [7, 11) is 0. The van der Waals surface area contributed by atoms with Crippen LogP contribution in [-0.4, -0.2) is 4.40 Å². The highest BCUT2D eigenvalue weighted by molar-refractivity contribution is 6.23. The van der Waals surface area contributed by atoms with Gasteiger partial charge in [-0.05, 0) is 47.2 Å². The summed E-state index contributed by atoms with van der Waals surface area (Å²) in [6.07, 6.45) is 6.72. The predicted octanol–water partition coefficient (Wildman–Crippen LogP) is 5.67. The van der Waals surface area contributed by atoms with E-state index in [-0.39, 0.29) is 0 Å². The summed E-state index contributed by atoms with van der Waals surface area (Å²) in [5.41, 5.74) is 6.87. The zero-order chi connectivity index (χ0) is 22.5. The number of ether oxygens (including phenoxy) is 1. The number of pyridine rings is 2. The number of imidazole rings is 1. The van der Waals surface area contributed by atoms with Crippen molar-refractivity contribution in [2.75, 3.05) is 0 Å². The number of nitrogens with zero attached hydrogens (tertiary/aromatic N) is 3. The zero-order valence-corrected chi connectivity index (χ0v) is 18.6. The summed E-state index contributed by atoms with van der Waals surface area (Å²) in [5.74, 6) is 1.88. The van der Waals surface area contributed by atoms with Crippen LogP contribution >= 0.6 is 0 Å². The molecule has 0 radical (unpaired) electrons. The molecule has 3 aliphatic heterocycles. The number of hydrogen-bond donors (Lipinski definition) is 0. The second-order valence-corrected chi connectivity index (χ2v) is 9.81. The third-order valence-electron chi connectivity index (χ3n) is 8.42. The first-order chi connectivity index (χ1) is 17.4. The van der Waals surface area contributed by atoms with Gasteiger partial charge in [-0.2, -0.15) is 8.97 Å². The van der Waals surface area contributed by atoms with Gasteiger partial charge < -0.3 is 4.74 Å². The van der Waals surface area contributed by atoms with Crippen molar-refractivity contribution < 1.29 is 13.9 Å². The topological polar surface area (TPSA) is 21.4 Å². The molecule has 0 fully saturated rings. The maximum Gasteiger partial charge on any atom is 0.371 e. The minimum atomic E-state index is -0.500. The molecule has 4 nitrogen and oxygen atoms in total. The van der Waals surface area contributed by atoms with Crippen molar-refractivity contribution in [1.29, 1.82) is 0 Å². The van der Waals surface area contributed by atoms with Crippen molar-refractivity contribution in [2.24, 2.45) is 0 Å². The Morgan fingerprint density at radius 1 is 0.657 bits per heavy atom. The lowest BCUT2D eigenvalue weighted by Crippen LogP contribution is -2.71. The fourth-order valence-corrected chi connectivity index (χ4v) is 7.26. The van der Waals surface area contributed by atoms with Crippen molar-refractivity contribution in [3.63, 3.8) is 0 Å². The van der Waals surface area contributed by atoms with Crippen LogP contribution < -0.4 is 13.9 Å². The molecule has 0 saturated heterocycles. The number of aromatic nitrogens is 3. The fraction of sp³-hybridized carbons (Fsp3) is 0.0323. The maximum atomic E-state index is 6.65.